The Morgan fingerprint density at radius 2 is 2.19 bits per heavy atom. The van der Waals surface area contributed by atoms with Gasteiger partial charge in [0.25, 0.3) is 0 Å². The lowest BCUT2D eigenvalue weighted by Crippen LogP contribution is -2.03. The minimum absolute atomic E-state index is 0.519. The summed E-state index contributed by atoms with van der Waals surface area (Å²) in [7, 11) is 0. The normalized spacial score (nSPS) is 12.7. The number of aliphatic hydroxyl groups is 1. The fourth-order valence-electron chi connectivity index (χ4n) is 1.76. The minimum Gasteiger partial charge on any atom is -0.472 e. The van der Waals surface area contributed by atoms with Crippen molar-refractivity contribution in [3.63, 3.8) is 0 Å². The van der Waals surface area contributed by atoms with Gasteiger partial charge >= 0.3 is 0 Å². The van der Waals surface area contributed by atoms with Crippen LogP contribution in [0.25, 0.3) is 0 Å². The molecular formula is C13H13ClO2. The quantitative estimate of drug-likeness (QED) is 0.885. The number of halogens is 1. The van der Waals surface area contributed by atoms with E-state index in [-0.39, 0.29) is 0 Å². The third kappa shape index (κ3) is 2.46. The minimum atomic E-state index is -0.519. The van der Waals surface area contributed by atoms with Crippen molar-refractivity contribution in [3.8, 4) is 0 Å². The number of benzene rings is 1. The molecule has 2 rings (SSSR count). The first-order valence-corrected chi connectivity index (χ1v) is 5.50. The van der Waals surface area contributed by atoms with Crippen molar-refractivity contribution in [2.75, 3.05) is 0 Å². The van der Waals surface area contributed by atoms with Crippen LogP contribution in [0.2, 0.25) is 5.02 Å². The molecule has 1 atom stereocenters. The summed E-state index contributed by atoms with van der Waals surface area (Å²) >= 11 is 5.87. The number of furan rings is 1. The van der Waals surface area contributed by atoms with Crippen LogP contribution in [0.3, 0.4) is 0 Å². The molecule has 0 radical (unpaired) electrons. The second kappa shape index (κ2) is 4.73. The molecule has 0 saturated heterocycles. The van der Waals surface area contributed by atoms with Gasteiger partial charge in [-0.15, -0.1) is 0 Å². The van der Waals surface area contributed by atoms with Crippen LogP contribution in [-0.2, 0) is 6.42 Å². The van der Waals surface area contributed by atoms with Crippen LogP contribution in [0.1, 0.15) is 22.8 Å². The summed E-state index contributed by atoms with van der Waals surface area (Å²) in [5.41, 5.74) is 2.90. The predicted molar refractivity (Wildman–Crippen MR) is 63.6 cm³/mol. The second-order valence-electron chi connectivity index (χ2n) is 3.85. The molecule has 84 valence electrons. The van der Waals surface area contributed by atoms with Crippen molar-refractivity contribution >= 4 is 11.6 Å². The summed E-state index contributed by atoms with van der Waals surface area (Å²) in [6, 6.07) is 7.37. The van der Waals surface area contributed by atoms with Crippen LogP contribution in [-0.4, -0.2) is 5.11 Å². The molecule has 3 heteroatoms. The fourth-order valence-corrected chi connectivity index (χ4v) is 1.98. The van der Waals surface area contributed by atoms with E-state index in [4.69, 9.17) is 16.0 Å². The summed E-state index contributed by atoms with van der Waals surface area (Å²) in [6.07, 6.45) is 3.29. The molecule has 0 aliphatic carbocycles. The zero-order valence-corrected chi connectivity index (χ0v) is 9.74. The van der Waals surface area contributed by atoms with Crippen LogP contribution in [0, 0.1) is 6.92 Å². The maximum Gasteiger partial charge on any atom is 0.0935 e. The number of aryl methyl sites for hydroxylation is 1. The highest BCUT2D eigenvalue weighted by Gasteiger charge is 2.11. The van der Waals surface area contributed by atoms with Gasteiger partial charge in [0.15, 0.2) is 0 Å². The topological polar surface area (TPSA) is 33.4 Å². The van der Waals surface area contributed by atoms with Gasteiger partial charge in [-0.2, -0.15) is 0 Å². The largest absolute Gasteiger partial charge is 0.472 e. The number of aliphatic hydroxyl groups excluding tert-OH is 1. The number of hydrogen-bond acceptors (Lipinski definition) is 2. The van der Waals surface area contributed by atoms with E-state index in [0.717, 1.165) is 16.7 Å². The molecule has 0 bridgehead atoms. The summed E-state index contributed by atoms with van der Waals surface area (Å²) in [5, 5.41) is 10.8. The van der Waals surface area contributed by atoms with Crippen molar-refractivity contribution in [3.05, 3.63) is 58.5 Å². The Morgan fingerprint density at radius 1 is 1.38 bits per heavy atom. The van der Waals surface area contributed by atoms with Gasteiger partial charge in [0.1, 0.15) is 0 Å². The van der Waals surface area contributed by atoms with Gasteiger partial charge in [0.2, 0.25) is 0 Å². The van der Waals surface area contributed by atoms with Crippen LogP contribution in [0.4, 0.5) is 0 Å². The Labute approximate surface area is 99.5 Å². The molecule has 0 aliphatic heterocycles. The van der Waals surface area contributed by atoms with Gasteiger partial charge in [0, 0.05) is 11.4 Å². The Kier molecular flexibility index (Phi) is 3.32. The average molecular weight is 237 g/mol. The zero-order valence-electron chi connectivity index (χ0n) is 8.98. The third-order valence-electron chi connectivity index (χ3n) is 2.60. The van der Waals surface area contributed by atoms with E-state index in [1.54, 1.807) is 18.6 Å². The number of hydrogen-bond donors (Lipinski definition) is 1. The molecule has 0 spiro atoms. The van der Waals surface area contributed by atoms with Gasteiger partial charge in [-0.25, -0.2) is 0 Å². The molecule has 0 amide bonds. The lowest BCUT2D eigenvalue weighted by Gasteiger charge is -2.12. The Bertz CT molecular complexity index is 463. The number of rotatable bonds is 3. The lowest BCUT2D eigenvalue weighted by molar-refractivity contribution is 0.177. The Morgan fingerprint density at radius 3 is 2.81 bits per heavy atom. The summed E-state index contributed by atoms with van der Waals surface area (Å²) < 4.78 is 4.97. The molecular weight excluding hydrogens is 224 g/mol. The van der Waals surface area contributed by atoms with Crippen molar-refractivity contribution in [2.45, 2.75) is 19.4 Å². The van der Waals surface area contributed by atoms with E-state index in [2.05, 4.69) is 0 Å². The molecule has 1 aromatic heterocycles. The van der Waals surface area contributed by atoms with E-state index in [9.17, 15) is 5.11 Å². The highest BCUT2D eigenvalue weighted by Crippen LogP contribution is 2.24. The first kappa shape index (κ1) is 11.2. The molecule has 0 aliphatic rings. The van der Waals surface area contributed by atoms with Gasteiger partial charge in [0.05, 0.1) is 18.6 Å². The Balaban J connectivity index is 2.17. The van der Waals surface area contributed by atoms with Crippen molar-refractivity contribution in [1.29, 1.82) is 0 Å². The molecule has 2 aromatic rings. The zero-order chi connectivity index (χ0) is 11.5. The predicted octanol–water partition coefficient (Wildman–Crippen LogP) is 3.52. The smallest absolute Gasteiger partial charge is 0.0935 e. The van der Waals surface area contributed by atoms with E-state index < -0.39 is 6.10 Å². The van der Waals surface area contributed by atoms with Gasteiger partial charge in [-0.1, -0.05) is 17.7 Å². The molecule has 1 heterocycles. The average Bonchev–Trinajstić information content (AvgIpc) is 2.70. The highest BCUT2D eigenvalue weighted by molar-refractivity contribution is 6.30. The van der Waals surface area contributed by atoms with E-state index in [1.165, 1.54) is 0 Å². The third-order valence-corrected chi connectivity index (χ3v) is 2.84. The van der Waals surface area contributed by atoms with E-state index in [0.29, 0.717) is 11.4 Å². The summed E-state index contributed by atoms with van der Waals surface area (Å²) in [6.45, 7) is 1.94. The van der Waals surface area contributed by atoms with E-state index >= 15 is 0 Å². The van der Waals surface area contributed by atoms with Gasteiger partial charge < -0.3 is 9.52 Å². The SMILES string of the molecule is Cc1cc(Cl)ccc1C(O)Cc1ccoc1. The molecule has 2 nitrogen and oxygen atoms in total. The highest BCUT2D eigenvalue weighted by atomic mass is 35.5. The first-order chi connectivity index (χ1) is 7.66. The fraction of sp³-hybridized carbons (Fsp3) is 0.231. The molecule has 16 heavy (non-hydrogen) atoms. The van der Waals surface area contributed by atoms with E-state index in [1.807, 2.05) is 25.1 Å². The lowest BCUT2D eigenvalue weighted by atomic mass is 9.99. The van der Waals surface area contributed by atoms with Crippen LogP contribution in [0.5, 0.6) is 0 Å². The van der Waals surface area contributed by atoms with Crippen LogP contribution in [0.15, 0.2) is 41.2 Å². The maximum absolute atomic E-state index is 10.1. The van der Waals surface area contributed by atoms with Gasteiger partial charge in [-0.3, -0.25) is 0 Å². The van der Waals surface area contributed by atoms with Crippen molar-refractivity contribution < 1.29 is 9.52 Å². The standard InChI is InChI=1S/C13H13ClO2/c1-9-6-11(14)2-3-12(9)13(15)7-10-4-5-16-8-10/h2-6,8,13,15H,7H2,1H3. The molecule has 1 aromatic carbocycles. The Hall–Kier alpha value is -1.25. The van der Waals surface area contributed by atoms with Crippen molar-refractivity contribution in [2.24, 2.45) is 0 Å². The second-order valence-corrected chi connectivity index (χ2v) is 4.29. The van der Waals surface area contributed by atoms with Crippen LogP contribution >= 0.6 is 11.6 Å². The van der Waals surface area contributed by atoms with Crippen LogP contribution < -0.4 is 0 Å². The first-order valence-electron chi connectivity index (χ1n) is 5.12. The summed E-state index contributed by atoms with van der Waals surface area (Å²) in [4.78, 5) is 0. The molecule has 0 fully saturated rings. The molecule has 1 unspecified atom stereocenters. The monoisotopic (exact) mass is 236 g/mol. The van der Waals surface area contributed by atoms with Crippen molar-refractivity contribution in [1.82, 2.24) is 0 Å². The molecule has 1 N–H and O–H groups in total. The molecule has 0 saturated carbocycles. The van der Waals surface area contributed by atoms with Gasteiger partial charge in [-0.05, 0) is 41.8 Å². The maximum atomic E-state index is 10.1. The summed E-state index contributed by atoms with van der Waals surface area (Å²) in [5.74, 6) is 0.